The fourth-order valence-electron chi connectivity index (χ4n) is 1.53. The van der Waals surface area contributed by atoms with Crippen molar-refractivity contribution in [2.45, 2.75) is 26.2 Å². The molecule has 0 radical (unpaired) electrons. The molecule has 0 aromatic heterocycles. The van der Waals surface area contributed by atoms with Crippen LogP contribution >= 0.6 is 0 Å². The first-order valence-corrected chi connectivity index (χ1v) is 2.99. The van der Waals surface area contributed by atoms with Gasteiger partial charge in [0.05, 0.1) is 0 Å². The molecule has 2 aliphatic rings. The van der Waals surface area contributed by atoms with E-state index in [0.717, 1.165) is 5.41 Å². The van der Waals surface area contributed by atoms with E-state index in [2.05, 4.69) is 13.0 Å². The summed E-state index contributed by atoms with van der Waals surface area (Å²) in [5.41, 5.74) is 2.39. The zero-order chi connectivity index (χ0) is 4.91. The summed E-state index contributed by atoms with van der Waals surface area (Å²) in [6.07, 6.45) is 6.80. The molecule has 0 amide bonds. The number of rotatable bonds is 0. The van der Waals surface area contributed by atoms with Crippen LogP contribution in [-0.2, 0) is 0 Å². The lowest BCUT2D eigenvalue weighted by Gasteiger charge is -2.21. The molecular formula is C7H10. The summed E-state index contributed by atoms with van der Waals surface area (Å²) in [6.45, 7) is 2.23. The van der Waals surface area contributed by atoms with E-state index in [1.807, 2.05) is 0 Å². The molecule has 0 aromatic carbocycles. The Kier molecular flexibility index (Phi) is 0.421. The van der Waals surface area contributed by atoms with Gasteiger partial charge < -0.3 is 0 Å². The van der Waals surface area contributed by atoms with Crippen molar-refractivity contribution < 1.29 is 0 Å². The number of hydrogen-bond acceptors (Lipinski definition) is 0. The van der Waals surface area contributed by atoms with Gasteiger partial charge in [0.15, 0.2) is 0 Å². The lowest BCUT2D eigenvalue weighted by molar-refractivity contribution is 0.569. The van der Waals surface area contributed by atoms with Crippen LogP contribution in [-0.4, -0.2) is 0 Å². The molecular weight excluding hydrogens is 84.1 g/mol. The summed E-state index contributed by atoms with van der Waals surface area (Å²) in [7, 11) is 0. The number of allylic oxidation sites excluding steroid dienone is 2. The molecule has 38 valence electrons. The Morgan fingerprint density at radius 1 is 1.57 bits per heavy atom. The molecule has 0 unspecified atom stereocenters. The van der Waals surface area contributed by atoms with E-state index in [0.29, 0.717) is 0 Å². The smallest absolute Gasteiger partial charge is 0.00780 e. The van der Waals surface area contributed by atoms with Gasteiger partial charge in [-0.25, -0.2) is 0 Å². The Morgan fingerprint density at radius 2 is 2.14 bits per heavy atom. The summed E-state index contributed by atoms with van der Waals surface area (Å²) in [5.74, 6) is 0. The molecule has 0 nitrogen and oxygen atoms in total. The first-order chi connectivity index (χ1) is 3.31. The summed E-state index contributed by atoms with van der Waals surface area (Å²) in [5, 5.41) is 0. The lowest BCUT2D eigenvalue weighted by Crippen LogP contribution is -2.07. The minimum absolute atomic E-state index is 0.782. The average molecular weight is 94.2 g/mol. The van der Waals surface area contributed by atoms with Gasteiger partial charge in [-0.3, -0.25) is 0 Å². The quantitative estimate of drug-likeness (QED) is 0.403. The van der Waals surface area contributed by atoms with E-state index in [1.54, 1.807) is 5.57 Å². The fraction of sp³-hybridized carbons (Fsp3) is 0.714. The summed E-state index contributed by atoms with van der Waals surface area (Å²) >= 11 is 0. The van der Waals surface area contributed by atoms with Crippen LogP contribution in [0.25, 0.3) is 0 Å². The third kappa shape index (κ3) is 0.370. The van der Waals surface area contributed by atoms with Crippen molar-refractivity contribution in [3.63, 3.8) is 0 Å². The van der Waals surface area contributed by atoms with Crippen molar-refractivity contribution >= 4 is 0 Å². The molecule has 0 atom stereocenters. The second kappa shape index (κ2) is 0.795. The molecule has 1 saturated carbocycles. The molecule has 0 aromatic rings. The van der Waals surface area contributed by atoms with E-state index in [9.17, 15) is 0 Å². The molecule has 0 saturated heterocycles. The molecule has 0 heteroatoms. The van der Waals surface area contributed by atoms with E-state index in [4.69, 9.17) is 0 Å². The molecule has 2 rings (SSSR count). The third-order valence-corrected chi connectivity index (χ3v) is 2.08. The zero-order valence-corrected chi connectivity index (χ0v) is 4.70. The van der Waals surface area contributed by atoms with Crippen LogP contribution in [0.2, 0.25) is 0 Å². The minimum atomic E-state index is 0.782. The van der Waals surface area contributed by atoms with Crippen molar-refractivity contribution in [2.24, 2.45) is 5.41 Å². The lowest BCUT2D eigenvalue weighted by atomic mass is 9.85. The van der Waals surface area contributed by atoms with Gasteiger partial charge in [0.2, 0.25) is 0 Å². The van der Waals surface area contributed by atoms with Crippen molar-refractivity contribution in [1.29, 1.82) is 0 Å². The third-order valence-electron chi connectivity index (χ3n) is 2.08. The Bertz CT molecular complexity index is 127. The highest BCUT2D eigenvalue weighted by Crippen LogP contribution is 2.58. The highest BCUT2D eigenvalue weighted by atomic mass is 14.5. The van der Waals surface area contributed by atoms with Gasteiger partial charge in [-0.15, -0.1) is 0 Å². The van der Waals surface area contributed by atoms with Gasteiger partial charge in [-0.05, 0) is 31.6 Å². The van der Waals surface area contributed by atoms with Crippen LogP contribution in [0.1, 0.15) is 26.2 Å². The maximum absolute atomic E-state index is 2.44. The van der Waals surface area contributed by atoms with Crippen molar-refractivity contribution in [1.82, 2.24) is 0 Å². The predicted molar refractivity (Wildman–Crippen MR) is 30.0 cm³/mol. The first-order valence-electron chi connectivity index (χ1n) is 2.99. The van der Waals surface area contributed by atoms with E-state index in [1.165, 1.54) is 19.3 Å². The van der Waals surface area contributed by atoms with Crippen molar-refractivity contribution in [3.05, 3.63) is 11.6 Å². The second-order valence-electron chi connectivity index (χ2n) is 3.03. The standard InChI is InChI=1S/C7H10/c1-6-4-7(5-6)2-3-7/h4H,2-3,5H2,1H3. The van der Waals surface area contributed by atoms with Gasteiger partial charge in [0, 0.05) is 0 Å². The Hall–Kier alpha value is -0.260. The van der Waals surface area contributed by atoms with E-state index >= 15 is 0 Å². The predicted octanol–water partition coefficient (Wildman–Crippen LogP) is 2.12. The SMILES string of the molecule is CC1=CC2(CC2)C1. The largest absolute Gasteiger partial charge is 0.0790 e. The van der Waals surface area contributed by atoms with Gasteiger partial charge >= 0.3 is 0 Å². The Morgan fingerprint density at radius 3 is 2.29 bits per heavy atom. The summed E-state index contributed by atoms with van der Waals surface area (Å²) < 4.78 is 0. The maximum atomic E-state index is 2.44. The van der Waals surface area contributed by atoms with Crippen LogP contribution in [0.15, 0.2) is 11.6 Å². The molecule has 0 bridgehead atoms. The molecule has 0 N–H and O–H groups in total. The monoisotopic (exact) mass is 94.1 g/mol. The highest BCUT2D eigenvalue weighted by Gasteiger charge is 2.45. The second-order valence-corrected chi connectivity index (χ2v) is 3.03. The topological polar surface area (TPSA) is 0 Å². The molecule has 0 heterocycles. The van der Waals surface area contributed by atoms with E-state index < -0.39 is 0 Å². The average Bonchev–Trinajstić information content (AvgIpc) is 2.14. The van der Waals surface area contributed by atoms with Gasteiger partial charge in [0.1, 0.15) is 0 Å². The van der Waals surface area contributed by atoms with Crippen molar-refractivity contribution in [2.75, 3.05) is 0 Å². The van der Waals surface area contributed by atoms with Gasteiger partial charge in [-0.2, -0.15) is 0 Å². The van der Waals surface area contributed by atoms with Crippen LogP contribution in [0.5, 0.6) is 0 Å². The van der Waals surface area contributed by atoms with Crippen LogP contribution < -0.4 is 0 Å². The van der Waals surface area contributed by atoms with Crippen LogP contribution in [0, 0.1) is 5.41 Å². The van der Waals surface area contributed by atoms with Crippen LogP contribution in [0.4, 0.5) is 0 Å². The first kappa shape index (κ1) is 3.71. The maximum Gasteiger partial charge on any atom is -0.00780 e. The normalized spacial score (nSPS) is 31.9. The minimum Gasteiger partial charge on any atom is -0.0790 e. The molecule has 2 aliphatic carbocycles. The zero-order valence-electron chi connectivity index (χ0n) is 4.70. The Balaban J connectivity index is 2.23. The van der Waals surface area contributed by atoms with Crippen LogP contribution in [0.3, 0.4) is 0 Å². The molecule has 7 heavy (non-hydrogen) atoms. The highest BCUT2D eigenvalue weighted by molar-refractivity contribution is 5.27. The van der Waals surface area contributed by atoms with Gasteiger partial charge in [-0.1, -0.05) is 11.6 Å². The molecule has 1 fully saturated rings. The summed E-state index contributed by atoms with van der Waals surface area (Å²) in [4.78, 5) is 0. The molecule has 0 aliphatic heterocycles. The summed E-state index contributed by atoms with van der Waals surface area (Å²) in [6, 6.07) is 0. The molecule has 1 spiro atoms. The van der Waals surface area contributed by atoms with E-state index in [-0.39, 0.29) is 0 Å². The van der Waals surface area contributed by atoms with Gasteiger partial charge in [0.25, 0.3) is 0 Å². The van der Waals surface area contributed by atoms with Crippen molar-refractivity contribution in [3.8, 4) is 0 Å². The number of hydrogen-bond donors (Lipinski definition) is 0. The fourth-order valence-corrected chi connectivity index (χ4v) is 1.53. The Labute approximate surface area is 44.2 Å².